The van der Waals surface area contributed by atoms with Gasteiger partial charge in [0.15, 0.2) is 0 Å². The molecule has 0 aromatic heterocycles. The number of nitrogens with one attached hydrogen (secondary N) is 1. The van der Waals surface area contributed by atoms with Gasteiger partial charge in [-0.2, -0.15) is 0 Å². The largest absolute Gasteiger partial charge is 0.444 e. The molecule has 2 rings (SSSR count). The number of likely N-dealkylation sites (tertiary alicyclic amines) is 1. The zero-order valence-electron chi connectivity index (χ0n) is 13.8. The summed E-state index contributed by atoms with van der Waals surface area (Å²) in [6.07, 6.45) is 1.83. The highest BCUT2D eigenvalue weighted by atomic mass is 79.9. The highest BCUT2D eigenvalue weighted by Crippen LogP contribution is 2.25. The summed E-state index contributed by atoms with van der Waals surface area (Å²) in [6, 6.07) is 6.41. The van der Waals surface area contributed by atoms with E-state index in [1.54, 1.807) is 0 Å². The van der Waals surface area contributed by atoms with E-state index in [1.807, 2.05) is 25.7 Å². The average Bonchev–Trinajstić information content (AvgIpc) is 2.84. The molecule has 1 aromatic rings. The van der Waals surface area contributed by atoms with Gasteiger partial charge in [-0.05, 0) is 74.2 Å². The molecular formula is C17H25BrN2O2. The predicted octanol–water partition coefficient (Wildman–Crippen LogP) is 4.57. The van der Waals surface area contributed by atoms with Crippen LogP contribution in [0.25, 0.3) is 0 Å². The van der Waals surface area contributed by atoms with Crippen molar-refractivity contribution >= 4 is 27.7 Å². The lowest BCUT2D eigenvalue weighted by Crippen LogP contribution is -2.42. The van der Waals surface area contributed by atoms with E-state index in [0.29, 0.717) is 0 Å². The molecule has 5 heteroatoms. The molecule has 0 spiro atoms. The maximum atomic E-state index is 12.3. The van der Waals surface area contributed by atoms with E-state index in [2.05, 4.69) is 46.4 Å². The molecule has 1 fully saturated rings. The van der Waals surface area contributed by atoms with Crippen LogP contribution < -0.4 is 5.32 Å². The fourth-order valence-electron chi connectivity index (χ4n) is 2.60. The number of hydrogen-bond acceptors (Lipinski definition) is 3. The van der Waals surface area contributed by atoms with Gasteiger partial charge in [0.1, 0.15) is 5.60 Å². The molecule has 122 valence electrons. The maximum absolute atomic E-state index is 12.3. The second kappa shape index (κ2) is 6.90. The molecule has 1 atom stereocenters. The molecular weight excluding hydrogens is 344 g/mol. The highest BCUT2D eigenvalue weighted by molar-refractivity contribution is 9.10. The molecule has 22 heavy (non-hydrogen) atoms. The molecule has 1 aromatic carbocycles. The molecule has 0 radical (unpaired) electrons. The van der Waals surface area contributed by atoms with Crippen molar-refractivity contribution < 1.29 is 9.53 Å². The van der Waals surface area contributed by atoms with Gasteiger partial charge in [-0.3, -0.25) is 0 Å². The molecule has 1 heterocycles. The molecule has 1 amide bonds. The fourth-order valence-corrected chi connectivity index (χ4v) is 3.23. The van der Waals surface area contributed by atoms with Crippen LogP contribution in [-0.4, -0.2) is 35.7 Å². The van der Waals surface area contributed by atoms with Crippen LogP contribution in [0.3, 0.4) is 0 Å². The smallest absolute Gasteiger partial charge is 0.410 e. The third-order valence-corrected chi connectivity index (χ3v) is 4.31. The normalized spacial score (nSPS) is 18.4. The van der Waals surface area contributed by atoms with Gasteiger partial charge in [-0.15, -0.1) is 0 Å². The summed E-state index contributed by atoms with van der Waals surface area (Å²) in [5.74, 6) is 0. The molecule has 0 bridgehead atoms. The van der Waals surface area contributed by atoms with Gasteiger partial charge in [-0.1, -0.05) is 6.07 Å². The quantitative estimate of drug-likeness (QED) is 0.849. The predicted molar refractivity (Wildman–Crippen MR) is 93.3 cm³/mol. The number of ether oxygens (including phenoxy) is 1. The van der Waals surface area contributed by atoms with E-state index in [0.717, 1.165) is 36.1 Å². The van der Waals surface area contributed by atoms with Crippen LogP contribution in [0, 0.1) is 6.92 Å². The Morgan fingerprint density at radius 2 is 2.18 bits per heavy atom. The number of rotatable bonds is 3. The van der Waals surface area contributed by atoms with E-state index in [1.165, 1.54) is 5.56 Å². The van der Waals surface area contributed by atoms with Gasteiger partial charge in [0, 0.05) is 23.2 Å². The summed E-state index contributed by atoms with van der Waals surface area (Å²) >= 11 is 3.57. The second-order valence-corrected chi connectivity index (χ2v) is 7.69. The number of nitrogens with zero attached hydrogens (tertiary/aromatic N) is 1. The zero-order valence-corrected chi connectivity index (χ0v) is 15.4. The van der Waals surface area contributed by atoms with Crippen LogP contribution in [0.15, 0.2) is 22.7 Å². The van der Waals surface area contributed by atoms with E-state index in [-0.39, 0.29) is 12.1 Å². The first kappa shape index (κ1) is 17.1. The maximum Gasteiger partial charge on any atom is 0.410 e. The van der Waals surface area contributed by atoms with Crippen LogP contribution in [0.5, 0.6) is 0 Å². The first-order chi connectivity index (χ1) is 10.3. The van der Waals surface area contributed by atoms with Crippen molar-refractivity contribution in [3.63, 3.8) is 0 Å². The van der Waals surface area contributed by atoms with Crippen LogP contribution >= 0.6 is 15.9 Å². The Morgan fingerprint density at radius 1 is 1.45 bits per heavy atom. The Kier molecular flexibility index (Phi) is 5.37. The van der Waals surface area contributed by atoms with Crippen molar-refractivity contribution in [2.45, 2.75) is 52.2 Å². The third kappa shape index (κ3) is 4.63. The summed E-state index contributed by atoms with van der Waals surface area (Å²) in [5, 5.41) is 3.43. The van der Waals surface area contributed by atoms with Crippen molar-refractivity contribution in [3.8, 4) is 0 Å². The van der Waals surface area contributed by atoms with E-state index >= 15 is 0 Å². The van der Waals surface area contributed by atoms with Gasteiger partial charge < -0.3 is 15.0 Å². The highest BCUT2D eigenvalue weighted by Gasteiger charge is 2.31. The van der Waals surface area contributed by atoms with Crippen molar-refractivity contribution in [3.05, 3.63) is 28.2 Å². The first-order valence-electron chi connectivity index (χ1n) is 7.76. The molecule has 1 aliphatic heterocycles. The minimum absolute atomic E-state index is 0.183. The number of carbonyl (C=O) groups excluding carboxylic acids is 1. The van der Waals surface area contributed by atoms with E-state index < -0.39 is 5.60 Å². The summed E-state index contributed by atoms with van der Waals surface area (Å²) in [4.78, 5) is 14.1. The number of hydrogen-bond donors (Lipinski definition) is 1. The average molecular weight is 369 g/mol. The van der Waals surface area contributed by atoms with Crippen LogP contribution in [-0.2, 0) is 4.74 Å². The van der Waals surface area contributed by atoms with Crippen LogP contribution in [0.1, 0.15) is 39.2 Å². The van der Waals surface area contributed by atoms with E-state index in [9.17, 15) is 4.79 Å². The van der Waals surface area contributed by atoms with Crippen molar-refractivity contribution in [2.75, 3.05) is 18.4 Å². The Balaban J connectivity index is 1.95. The molecule has 1 unspecified atom stereocenters. The summed E-state index contributed by atoms with van der Waals surface area (Å²) in [7, 11) is 0. The number of amides is 1. The van der Waals surface area contributed by atoms with Gasteiger partial charge in [-0.25, -0.2) is 4.79 Å². The van der Waals surface area contributed by atoms with Crippen LogP contribution in [0.2, 0.25) is 0 Å². The molecule has 0 aliphatic carbocycles. The SMILES string of the molecule is Cc1ccc(NCC2CCCN2C(=O)OC(C)(C)C)c(Br)c1. The zero-order chi connectivity index (χ0) is 16.3. The summed E-state index contributed by atoms with van der Waals surface area (Å²) in [5.41, 5.74) is 1.83. The topological polar surface area (TPSA) is 41.6 Å². The lowest BCUT2D eigenvalue weighted by Gasteiger charge is -2.29. The van der Waals surface area contributed by atoms with Crippen molar-refractivity contribution in [1.29, 1.82) is 0 Å². The lowest BCUT2D eigenvalue weighted by atomic mass is 10.2. The van der Waals surface area contributed by atoms with E-state index in [4.69, 9.17) is 4.74 Å². The summed E-state index contributed by atoms with van der Waals surface area (Å²) < 4.78 is 6.54. The number of halogens is 1. The first-order valence-corrected chi connectivity index (χ1v) is 8.55. The van der Waals surface area contributed by atoms with Gasteiger partial charge in [0.2, 0.25) is 0 Å². The lowest BCUT2D eigenvalue weighted by molar-refractivity contribution is 0.0235. The molecule has 4 nitrogen and oxygen atoms in total. The molecule has 1 saturated heterocycles. The minimum atomic E-state index is -0.447. The van der Waals surface area contributed by atoms with Crippen molar-refractivity contribution in [2.24, 2.45) is 0 Å². The Bertz CT molecular complexity index is 540. The Hall–Kier alpha value is -1.23. The molecule has 1 N–H and O–H groups in total. The molecule has 1 aliphatic rings. The fraction of sp³-hybridized carbons (Fsp3) is 0.588. The second-order valence-electron chi connectivity index (χ2n) is 6.83. The monoisotopic (exact) mass is 368 g/mol. The summed E-state index contributed by atoms with van der Waals surface area (Å²) in [6.45, 7) is 9.28. The van der Waals surface area contributed by atoms with Gasteiger partial charge in [0.25, 0.3) is 0 Å². The standard InChI is InChI=1S/C17H25BrN2O2/c1-12-7-8-15(14(18)10-12)19-11-13-6-5-9-20(13)16(21)22-17(2,3)4/h7-8,10,13,19H,5-6,9,11H2,1-4H3. The Morgan fingerprint density at radius 3 is 2.82 bits per heavy atom. The van der Waals surface area contributed by atoms with Gasteiger partial charge in [0.05, 0.1) is 6.04 Å². The van der Waals surface area contributed by atoms with Gasteiger partial charge >= 0.3 is 6.09 Å². The number of anilines is 1. The van der Waals surface area contributed by atoms with Crippen molar-refractivity contribution in [1.82, 2.24) is 4.90 Å². The number of carbonyl (C=O) groups is 1. The third-order valence-electron chi connectivity index (χ3n) is 3.66. The van der Waals surface area contributed by atoms with Crippen LogP contribution in [0.4, 0.5) is 10.5 Å². The Labute approximate surface area is 141 Å². The minimum Gasteiger partial charge on any atom is -0.444 e. The number of aryl methyl sites for hydroxylation is 1. The molecule has 0 saturated carbocycles. The number of benzene rings is 1.